The summed E-state index contributed by atoms with van der Waals surface area (Å²) in [4.78, 5) is 11.9. The number of hydrogen-bond acceptors (Lipinski definition) is 2. The Morgan fingerprint density at radius 1 is 0.826 bits per heavy atom. The van der Waals surface area contributed by atoms with Gasteiger partial charge in [-0.3, -0.25) is 4.79 Å². The first kappa shape index (κ1) is 22.6. The van der Waals surface area contributed by atoms with Crippen molar-refractivity contribution in [2.24, 2.45) is 0 Å². The third-order valence-corrected chi connectivity index (χ3v) is 5.01. The molecule has 0 aliphatic carbocycles. The highest BCUT2D eigenvalue weighted by Gasteiger charge is 2.04. The molecule has 0 aromatic heterocycles. The van der Waals surface area contributed by atoms with Gasteiger partial charge < -0.3 is 0 Å². The fourth-order valence-corrected chi connectivity index (χ4v) is 3.47. The van der Waals surface area contributed by atoms with E-state index < -0.39 is 0 Å². The van der Waals surface area contributed by atoms with Gasteiger partial charge in [-0.25, -0.2) is 0 Å². The quantitative estimate of drug-likeness (QED) is 0.275. The molecule has 132 valence electrons. The molecule has 0 heterocycles. The molecule has 1 aromatic rings. The third-order valence-electron chi connectivity index (χ3n) is 3.97. The van der Waals surface area contributed by atoms with Crippen LogP contribution >= 0.6 is 25.3 Å². The van der Waals surface area contributed by atoms with Crippen molar-refractivity contribution in [2.75, 3.05) is 11.5 Å². The minimum absolute atomic E-state index is 0. The lowest BCUT2D eigenvalue weighted by Crippen LogP contribution is -2.02. The maximum atomic E-state index is 11.9. The van der Waals surface area contributed by atoms with E-state index in [2.05, 4.69) is 6.92 Å². The van der Waals surface area contributed by atoms with Crippen molar-refractivity contribution >= 4 is 31.0 Å². The summed E-state index contributed by atoms with van der Waals surface area (Å²) in [6.07, 6.45) is 13.7. The van der Waals surface area contributed by atoms with E-state index in [0.29, 0.717) is 5.75 Å². The van der Waals surface area contributed by atoms with E-state index in [4.69, 9.17) is 0 Å². The molecule has 3 heteroatoms. The van der Waals surface area contributed by atoms with Crippen molar-refractivity contribution in [3.63, 3.8) is 0 Å². The number of Topliss-reactive ketones (excluding diaryl/α,β-unsaturated/α-hetero) is 1. The van der Waals surface area contributed by atoms with Gasteiger partial charge in [0.2, 0.25) is 0 Å². The van der Waals surface area contributed by atoms with Crippen LogP contribution in [0.15, 0.2) is 30.3 Å². The second-order valence-electron chi connectivity index (χ2n) is 6.02. The Morgan fingerprint density at radius 3 is 1.91 bits per heavy atom. The van der Waals surface area contributed by atoms with E-state index >= 15 is 0 Å². The maximum Gasteiger partial charge on any atom is 0.172 e. The molecule has 0 aliphatic heterocycles. The first-order chi connectivity index (χ1) is 10.8. The molecule has 1 rings (SSSR count). The summed E-state index contributed by atoms with van der Waals surface area (Å²) >= 11 is 1.78. The fraction of sp³-hybridized carbons (Fsp3) is 0.650. The average Bonchev–Trinajstić information content (AvgIpc) is 2.56. The molecular formula is C20H34OS2. The highest BCUT2D eigenvalue weighted by atomic mass is 32.2. The monoisotopic (exact) mass is 354 g/mol. The van der Waals surface area contributed by atoms with E-state index in [1.54, 1.807) is 11.8 Å². The van der Waals surface area contributed by atoms with Gasteiger partial charge in [0.05, 0.1) is 5.75 Å². The minimum atomic E-state index is 0. The SMILES string of the molecule is CCCCCCCCCCCCSCC(=O)c1ccccc1.S. The summed E-state index contributed by atoms with van der Waals surface area (Å²) in [7, 11) is 0. The number of unbranched alkanes of at least 4 members (excludes halogenated alkanes) is 9. The van der Waals surface area contributed by atoms with Gasteiger partial charge in [0, 0.05) is 5.56 Å². The number of carbonyl (C=O) groups is 1. The van der Waals surface area contributed by atoms with Gasteiger partial charge in [0.25, 0.3) is 0 Å². The lowest BCUT2D eigenvalue weighted by Gasteiger charge is -2.03. The fourth-order valence-electron chi connectivity index (χ4n) is 2.56. The van der Waals surface area contributed by atoms with Crippen LogP contribution in [0, 0.1) is 0 Å². The zero-order chi connectivity index (χ0) is 15.9. The van der Waals surface area contributed by atoms with E-state index in [1.165, 1.54) is 64.2 Å². The van der Waals surface area contributed by atoms with Crippen LogP contribution in [-0.4, -0.2) is 17.3 Å². The topological polar surface area (TPSA) is 17.1 Å². The number of hydrogen-bond donors (Lipinski definition) is 0. The Hall–Kier alpha value is -0.410. The molecule has 0 atom stereocenters. The number of ketones is 1. The smallest absolute Gasteiger partial charge is 0.172 e. The molecule has 1 aromatic carbocycles. The van der Waals surface area contributed by atoms with Crippen molar-refractivity contribution in [3.8, 4) is 0 Å². The largest absolute Gasteiger partial charge is 0.293 e. The summed E-state index contributed by atoms with van der Waals surface area (Å²) in [5, 5.41) is 0. The highest BCUT2D eigenvalue weighted by Crippen LogP contribution is 2.13. The molecule has 0 radical (unpaired) electrons. The number of carbonyl (C=O) groups excluding carboxylic acids is 1. The van der Waals surface area contributed by atoms with Gasteiger partial charge in [-0.1, -0.05) is 95.0 Å². The van der Waals surface area contributed by atoms with Crippen LogP contribution in [0.25, 0.3) is 0 Å². The summed E-state index contributed by atoms with van der Waals surface area (Å²) in [5.41, 5.74) is 0.845. The van der Waals surface area contributed by atoms with Crippen LogP contribution in [0.1, 0.15) is 81.5 Å². The standard InChI is InChI=1S/C20H32OS.H2S/c1-2-3-4-5-6-7-8-9-10-14-17-22-18-20(21)19-15-12-11-13-16-19;/h11-13,15-16H,2-10,14,17-18H2,1H3;1H2. The zero-order valence-corrected chi connectivity index (χ0v) is 16.5. The molecular weight excluding hydrogens is 320 g/mol. The lowest BCUT2D eigenvalue weighted by molar-refractivity contribution is 0.102. The Bertz CT molecular complexity index is 378. The molecule has 0 fully saturated rings. The molecule has 0 saturated carbocycles. The second kappa shape index (κ2) is 16.4. The van der Waals surface area contributed by atoms with Gasteiger partial charge in [-0.05, 0) is 12.2 Å². The molecule has 0 saturated heterocycles. The van der Waals surface area contributed by atoms with Gasteiger partial charge in [-0.2, -0.15) is 25.3 Å². The van der Waals surface area contributed by atoms with Crippen LogP contribution in [0.5, 0.6) is 0 Å². The van der Waals surface area contributed by atoms with E-state index in [0.717, 1.165) is 11.3 Å². The van der Waals surface area contributed by atoms with Crippen LogP contribution in [-0.2, 0) is 0 Å². The van der Waals surface area contributed by atoms with Crippen LogP contribution in [0.3, 0.4) is 0 Å². The van der Waals surface area contributed by atoms with E-state index in [-0.39, 0.29) is 19.3 Å². The molecule has 0 amide bonds. The molecule has 0 N–H and O–H groups in total. The predicted molar refractivity (Wildman–Crippen MR) is 110 cm³/mol. The van der Waals surface area contributed by atoms with Gasteiger partial charge >= 0.3 is 0 Å². The molecule has 0 spiro atoms. The highest BCUT2D eigenvalue weighted by molar-refractivity contribution is 7.99. The Balaban J connectivity index is 0.00000484. The zero-order valence-electron chi connectivity index (χ0n) is 14.7. The second-order valence-corrected chi connectivity index (χ2v) is 7.13. The Labute approximate surface area is 154 Å². The summed E-state index contributed by atoms with van der Waals surface area (Å²) in [6, 6.07) is 9.63. The maximum absolute atomic E-state index is 11.9. The van der Waals surface area contributed by atoms with Gasteiger partial charge in [0.1, 0.15) is 0 Å². The first-order valence-electron chi connectivity index (χ1n) is 9.00. The molecule has 1 nitrogen and oxygen atoms in total. The number of thioether (sulfide) groups is 1. The molecule has 0 bridgehead atoms. The van der Waals surface area contributed by atoms with Crippen molar-refractivity contribution in [2.45, 2.75) is 71.1 Å². The Morgan fingerprint density at radius 2 is 1.35 bits per heavy atom. The van der Waals surface area contributed by atoms with Crippen molar-refractivity contribution in [1.29, 1.82) is 0 Å². The van der Waals surface area contributed by atoms with Crippen molar-refractivity contribution in [3.05, 3.63) is 35.9 Å². The van der Waals surface area contributed by atoms with E-state index in [9.17, 15) is 4.79 Å². The lowest BCUT2D eigenvalue weighted by atomic mass is 10.1. The predicted octanol–water partition coefficient (Wildman–Crippen LogP) is 6.64. The minimum Gasteiger partial charge on any atom is -0.293 e. The molecule has 0 aliphatic rings. The first-order valence-corrected chi connectivity index (χ1v) is 10.2. The van der Waals surface area contributed by atoms with Gasteiger partial charge in [-0.15, -0.1) is 0 Å². The third kappa shape index (κ3) is 12.7. The van der Waals surface area contributed by atoms with E-state index in [1.807, 2.05) is 30.3 Å². The van der Waals surface area contributed by atoms with Crippen LogP contribution in [0.2, 0.25) is 0 Å². The van der Waals surface area contributed by atoms with Crippen LogP contribution < -0.4 is 0 Å². The van der Waals surface area contributed by atoms with Crippen molar-refractivity contribution < 1.29 is 4.79 Å². The normalized spacial score (nSPS) is 10.3. The number of rotatable bonds is 14. The van der Waals surface area contributed by atoms with Crippen molar-refractivity contribution in [1.82, 2.24) is 0 Å². The Kier molecular flexibility index (Phi) is 16.2. The summed E-state index contributed by atoms with van der Waals surface area (Å²) in [6.45, 7) is 2.27. The number of benzene rings is 1. The summed E-state index contributed by atoms with van der Waals surface area (Å²) in [5.74, 6) is 2.01. The van der Waals surface area contributed by atoms with Crippen LogP contribution in [0.4, 0.5) is 0 Å². The molecule has 0 unspecified atom stereocenters. The van der Waals surface area contributed by atoms with Gasteiger partial charge in [0.15, 0.2) is 5.78 Å². The summed E-state index contributed by atoms with van der Waals surface area (Å²) < 4.78 is 0. The average molecular weight is 355 g/mol. The molecule has 23 heavy (non-hydrogen) atoms.